The van der Waals surface area contributed by atoms with E-state index < -0.39 is 10.0 Å². The zero-order valence-corrected chi connectivity index (χ0v) is 15.5. The molecule has 8 heteroatoms. The van der Waals surface area contributed by atoms with E-state index in [0.717, 1.165) is 15.3 Å². The van der Waals surface area contributed by atoms with Crippen molar-refractivity contribution in [3.8, 4) is 0 Å². The van der Waals surface area contributed by atoms with E-state index in [9.17, 15) is 13.2 Å². The first kappa shape index (κ1) is 18.1. The van der Waals surface area contributed by atoms with Gasteiger partial charge >= 0.3 is 0 Å². The van der Waals surface area contributed by atoms with E-state index in [1.165, 1.54) is 26.2 Å². The number of benzene rings is 2. The number of carbonyl (C=O) groups excluding carboxylic acids is 1. The van der Waals surface area contributed by atoms with Crippen LogP contribution in [-0.4, -0.2) is 37.9 Å². The number of fused-ring (bicyclic) bond motifs is 1. The van der Waals surface area contributed by atoms with Gasteiger partial charge in [0.05, 0.1) is 11.3 Å². The molecule has 2 aromatic carbocycles. The Bertz CT molecular complexity index is 1050. The minimum Gasteiger partial charge on any atom is -0.356 e. The number of hydrogen-bond acceptors (Lipinski definition) is 5. The maximum Gasteiger partial charge on any atom is 0.242 e. The van der Waals surface area contributed by atoms with Crippen molar-refractivity contribution < 1.29 is 17.7 Å². The number of anilines is 1. The predicted molar refractivity (Wildman–Crippen MR) is 98.4 cm³/mol. The minimum atomic E-state index is -3.49. The second-order valence-electron chi connectivity index (χ2n) is 6.17. The van der Waals surface area contributed by atoms with Gasteiger partial charge in [-0.25, -0.2) is 12.7 Å². The van der Waals surface area contributed by atoms with Crippen LogP contribution in [0, 0.1) is 6.92 Å². The lowest BCUT2D eigenvalue weighted by Crippen LogP contribution is -2.22. The highest BCUT2D eigenvalue weighted by Gasteiger charge is 2.17. The molecule has 1 N–H and O–H groups in total. The number of aromatic nitrogens is 1. The lowest BCUT2D eigenvalue weighted by molar-refractivity contribution is -0.115. The van der Waals surface area contributed by atoms with E-state index >= 15 is 0 Å². The molecule has 0 aliphatic rings. The van der Waals surface area contributed by atoms with Crippen LogP contribution in [0.1, 0.15) is 11.3 Å². The number of nitrogens with zero attached hydrogens (tertiary/aromatic N) is 2. The van der Waals surface area contributed by atoms with Gasteiger partial charge in [0.25, 0.3) is 0 Å². The van der Waals surface area contributed by atoms with Crippen molar-refractivity contribution in [2.24, 2.45) is 0 Å². The maximum absolute atomic E-state index is 12.3. The Hall–Kier alpha value is -2.71. The molecule has 0 saturated carbocycles. The van der Waals surface area contributed by atoms with Crippen LogP contribution in [0.4, 0.5) is 5.69 Å². The molecular formula is C18H19N3O4S. The van der Waals surface area contributed by atoms with Crippen LogP contribution < -0.4 is 5.32 Å². The molecule has 1 amide bonds. The average Bonchev–Trinajstić information content (AvgIpc) is 2.97. The molecule has 136 valence electrons. The van der Waals surface area contributed by atoms with Crippen LogP contribution in [0.15, 0.2) is 51.9 Å². The van der Waals surface area contributed by atoms with Crippen molar-refractivity contribution in [1.82, 2.24) is 9.46 Å². The number of amides is 1. The summed E-state index contributed by atoms with van der Waals surface area (Å²) >= 11 is 0. The Morgan fingerprint density at radius 1 is 1.15 bits per heavy atom. The third-order valence-electron chi connectivity index (χ3n) is 3.94. The van der Waals surface area contributed by atoms with Gasteiger partial charge in [0, 0.05) is 25.2 Å². The van der Waals surface area contributed by atoms with Crippen LogP contribution in [0.2, 0.25) is 0 Å². The highest BCUT2D eigenvalue weighted by Crippen LogP contribution is 2.21. The summed E-state index contributed by atoms with van der Waals surface area (Å²) in [5.74, 6) is -0.259. The van der Waals surface area contributed by atoms with Gasteiger partial charge in [-0.15, -0.1) is 0 Å². The van der Waals surface area contributed by atoms with Gasteiger partial charge in [-0.3, -0.25) is 4.79 Å². The van der Waals surface area contributed by atoms with Gasteiger partial charge in [-0.2, -0.15) is 0 Å². The summed E-state index contributed by atoms with van der Waals surface area (Å²) in [6.45, 7) is 1.96. The normalized spacial score (nSPS) is 11.8. The molecule has 0 fully saturated rings. The highest BCUT2D eigenvalue weighted by molar-refractivity contribution is 7.89. The van der Waals surface area contributed by atoms with Gasteiger partial charge in [0.2, 0.25) is 15.9 Å². The molecule has 0 radical (unpaired) electrons. The topological polar surface area (TPSA) is 92.5 Å². The van der Waals surface area contributed by atoms with Crippen LogP contribution in [0.5, 0.6) is 0 Å². The van der Waals surface area contributed by atoms with E-state index in [4.69, 9.17) is 4.52 Å². The average molecular weight is 373 g/mol. The van der Waals surface area contributed by atoms with Gasteiger partial charge in [-0.1, -0.05) is 16.8 Å². The summed E-state index contributed by atoms with van der Waals surface area (Å²) < 4.78 is 30.5. The van der Waals surface area contributed by atoms with Gasteiger partial charge in [0.15, 0.2) is 5.58 Å². The van der Waals surface area contributed by atoms with E-state index in [1.54, 1.807) is 12.1 Å². The minimum absolute atomic E-state index is 0.0637. The largest absolute Gasteiger partial charge is 0.356 e. The second kappa shape index (κ2) is 6.89. The number of rotatable bonds is 5. The molecule has 1 aromatic heterocycles. The zero-order valence-electron chi connectivity index (χ0n) is 14.7. The third kappa shape index (κ3) is 3.61. The molecule has 0 spiro atoms. The molecule has 0 aliphatic carbocycles. The fraction of sp³-hybridized carbons (Fsp3) is 0.222. The molecule has 3 rings (SSSR count). The SMILES string of the molecule is Cc1ccc2onc(CC(=O)Nc3ccc(S(=O)(=O)N(C)C)cc3)c2c1. The van der Waals surface area contributed by atoms with Crippen LogP contribution in [0.25, 0.3) is 11.0 Å². The fourth-order valence-corrected chi connectivity index (χ4v) is 3.41. The number of sulfonamides is 1. The molecule has 3 aromatic rings. The summed E-state index contributed by atoms with van der Waals surface area (Å²) in [7, 11) is -0.559. The van der Waals surface area contributed by atoms with Crippen molar-refractivity contribution in [3.05, 3.63) is 53.7 Å². The van der Waals surface area contributed by atoms with Crippen LogP contribution >= 0.6 is 0 Å². The zero-order chi connectivity index (χ0) is 18.9. The number of carbonyl (C=O) groups is 1. The summed E-state index contributed by atoms with van der Waals surface area (Å²) in [6.07, 6.45) is 0.0637. The van der Waals surface area contributed by atoms with E-state index in [0.29, 0.717) is 17.0 Å². The van der Waals surface area contributed by atoms with Crippen molar-refractivity contribution in [3.63, 3.8) is 0 Å². The standard InChI is InChI=1S/C18H19N3O4S/c1-12-4-9-17-15(10-12)16(20-25-17)11-18(22)19-13-5-7-14(8-6-13)26(23,24)21(2)3/h4-10H,11H2,1-3H3,(H,19,22). The second-order valence-corrected chi connectivity index (χ2v) is 8.32. The molecule has 0 aliphatic heterocycles. The van der Waals surface area contributed by atoms with Crippen LogP contribution in [-0.2, 0) is 21.2 Å². The first-order valence-corrected chi connectivity index (χ1v) is 9.39. The van der Waals surface area contributed by atoms with E-state index in [1.807, 2.05) is 25.1 Å². The lowest BCUT2D eigenvalue weighted by atomic mass is 10.1. The Morgan fingerprint density at radius 2 is 1.85 bits per heavy atom. The molecule has 0 atom stereocenters. The molecule has 0 bridgehead atoms. The quantitative estimate of drug-likeness (QED) is 0.742. The van der Waals surface area contributed by atoms with Crippen LogP contribution in [0.3, 0.4) is 0 Å². The molecule has 0 saturated heterocycles. The molecule has 0 unspecified atom stereocenters. The lowest BCUT2D eigenvalue weighted by Gasteiger charge is -2.11. The van der Waals surface area contributed by atoms with Crippen molar-refractivity contribution in [2.75, 3.05) is 19.4 Å². The molecule has 26 heavy (non-hydrogen) atoms. The number of hydrogen-bond donors (Lipinski definition) is 1. The van der Waals surface area contributed by atoms with Gasteiger partial charge in [-0.05, 0) is 43.3 Å². The maximum atomic E-state index is 12.3. The fourth-order valence-electron chi connectivity index (χ4n) is 2.51. The molecule has 7 nitrogen and oxygen atoms in total. The Morgan fingerprint density at radius 3 is 2.50 bits per heavy atom. The Balaban J connectivity index is 1.73. The summed E-state index contributed by atoms with van der Waals surface area (Å²) in [5, 5.41) is 7.51. The van der Waals surface area contributed by atoms with Crippen molar-refractivity contribution in [2.45, 2.75) is 18.2 Å². The summed E-state index contributed by atoms with van der Waals surface area (Å²) in [6, 6.07) is 11.7. The van der Waals surface area contributed by atoms with E-state index in [2.05, 4.69) is 10.5 Å². The first-order valence-electron chi connectivity index (χ1n) is 7.95. The third-order valence-corrected chi connectivity index (χ3v) is 5.77. The van der Waals surface area contributed by atoms with Gasteiger partial charge < -0.3 is 9.84 Å². The van der Waals surface area contributed by atoms with E-state index in [-0.39, 0.29) is 17.2 Å². The molecule has 1 heterocycles. The number of nitrogens with one attached hydrogen (secondary N) is 1. The highest BCUT2D eigenvalue weighted by atomic mass is 32.2. The first-order chi connectivity index (χ1) is 12.3. The number of aryl methyl sites for hydroxylation is 1. The Kier molecular flexibility index (Phi) is 4.80. The summed E-state index contributed by atoms with van der Waals surface area (Å²) in [4.78, 5) is 12.4. The predicted octanol–water partition coefficient (Wildman–Crippen LogP) is 2.57. The van der Waals surface area contributed by atoms with Gasteiger partial charge in [0.1, 0.15) is 5.69 Å². The Labute approximate surface area is 151 Å². The van der Waals surface area contributed by atoms with Crippen molar-refractivity contribution in [1.29, 1.82) is 0 Å². The molecular weight excluding hydrogens is 354 g/mol. The smallest absolute Gasteiger partial charge is 0.242 e. The summed E-state index contributed by atoms with van der Waals surface area (Å²) in [5.41, 5.74) is 2.77. The monoisotopic (exact) mass is 373 g/mol. The van der Waals surface area contributed by atoms with Crippen molar-refractivity contribution >= 4 is 32.6 Å².